The SMILES string of the molecule is C(=C\c1ccc(/C=C/c2cccs2)o1)/c1ccco1. The van der Waals surface area contributed by atoms with Gasteiger partial charge in [0.15, 0.2) is 0 Å². The molecule has 0 spiro atoms. The fraction of sp³-hybridized carbons (Fsp3) is 0. The van der Waals surface area contributed by atoms with E-state index in [1.165, 1.54) is 4.88 Å². The van der Waals surface area contributed by atoms with Gasteiger partial charge in [-0.15, -0.1) is 11.3 Å². The van der Waals surface area contributed by atoms with Gasteiger partial charge in [-0.25, -0.2) is 0 Å². The van der Waals surface area contributed by atoms with Crippen LogP contribution in [0.15, 0.2) is 56.9 Å². The Labute approximate surface area is 115 Å². The fourth-order valence-corrected chi connectivity index (χ4v) is 2.27. The van der Waals surface area contributed by atoms with Gasteiger partial charge in [-0.05, 0) is 60.0 Å². The Morgan fingerprint density at radius 1 is 0.789 bits per heavy atom. The molecule has 0 unspecified atom stereocenters. The zero-order valence-electron chi connectivity index (χ0n) is 10.2. The molecular weight excluding hydrogens is 256 g/mol. The van der Waals surface area contributed by atoms with Gasteiger partial charge in [0.05, 0.1) is 6.26 Å². The molecule has 0 fully saturated rings. The number of hydrogen-bond acceptors (Lipinski definition) is 3. The molecule has 3 aromatic heterocycles. The van der Waals surface area contributed by atoms with Crippen molar-refractivity contribution in [2.45, 2.75) is 0 Å². The molecule has 0 aromatic carbocycles. The molecule has 2 nitrogen and oxygen atoms in total. The highest BCUT2D eigenvalue weighted by Gasteiger charge is 1.96. The number of rotatable bonds is 4. The van der Waals surface area contributed by atoms with Crippen LogP contribution < -0.4 is 0 Å². The maximum atomic E-state index is 5.67. The first-order valence-electron chi connectivity index (χ1n) is 5.93. The predicted octanol–water partition coefficient (Wildman–Crippen LogP) is 5.27. The number of thiophene rings is 1. The molecule has 3 heterocycles. The molecule has 3 rings (SSSR count). The van der Waals surface area contributed by atoms with Crippen LogP contribution >= 0.6 is 11.3 Å². The minimum atomic E-state index is 0.808. The first-order valence-corrected chi connectivity index (χ1v) is 6.81. The molecule has 0 saturated carbocycles. The Hall–Kier alpha value is -2.26. The molecule has 0 aliphatic rings. The summed E-state index contributed by atoms with van der Waals surface area (Å²) in [6.45, 7) is 0. The van der Waals surface area contributed by atoms with Crippen LogP contribution in [-0.4, -0.2) is 0 Å². The third kappa shape index (κ3) is 3.14. The van der Waals surface area contributed by atoms with Crippen molar-refractivity contribution in [2.75, 3.05) is 0 Å². The van der Waals surface area contributed by atoms with Gasteiger partial charge < -0.3 is 8.83 Å². The Balaban J connectivity index is 1.69. The lowest BCUT2D eigenvalue weighted by atomic mass is 10.3. The van der Waals surface area contributed by atoms with Crippen LogP contribution in [0.25, 0.3) is 24.3 Å². The first kappa shape index (κ1) is 11.8. The first-order chi connectivity index (χ1) is 9.40. The van der Waals surface area contributed by atoms with E-state index < -0.39 is 0 Å². The van der Waals surface area contributed by atoms with Crippen LogP contribution in [0.2, 0.25) is 0 Å². The Morgan fingerprint density at radius 2 is 1.58 bits per heavy atom. The summed E-state index contributed by atoms with van der Waals surface area (Å²) in [5.74, 6) is 2.46. The third-order valence-electron chi connectivity index (χ3n) is 2.56. The second kappa shape index (κ2) is 5.59. The molecule has 0 atom stereocenters. The zero-order chi connectivity index (χ0) is 12.9. The molecule has 0 bridgehead atoms. The number of furan rings is 2. The molecule has 3 aromatic rings. The van der Waals surface area contributed by atoms with Gasteiger partial charge in [0.25, 0.3) is 0 Å². The summed E-state index contributed by atoms with van der Waals surface area (Å²) < 4.78 is 10.9. The van der Waals surface area contributed by atoms with Gasteiger partial charge >= 0.3 is 0 Å². The molecule has 3 heteroatoms. The average molecular weight is 268 g/mol. The Kier molecular flexibility index (Phi) is 3.47. The summed E-state index contributed by atoms with van der Waals surface area (Å²) in [4.78, 5) is 1.21. The molecule has 0 N–H and O–H groups in total. The second-order valence-corrected chi connectivity index (χ2v) is 4.92. The van der Waals surface area contributed by atoms with Crippen molar-refractivity contribution >= 4 is 35.6 Å². The second-order valence-electron chi connectivity index (χ2n) is 3.94. The number of hydrogen-bond donors (Lipinski definition) is 0. The highest BCUT2D eigenvalue weighted by Crippen LogP contribution is 2.17. The molecule has 0 aliphatic heterocycles. The predicted molar refractivity (Wildman–Crippen MR) is 79.6 cm³/mol. The van der Waals surface area contributed by atoms with E-state index in [2.05, 4.69) is 11.4 Å². The van der Waals surface area contributed by atoms with Gasteiger partial charge in [0.1, 0.15) is 17.3 Å². The molecular formula is C16H12O2S. The lowest BCUT2D eigenvalue weighted by Crippen LogP contribution is -1.63. The quantitative estimate of drug-likeness (QED) is 0.644. The maximum absolute atomic E-state index is 5.67. The minimum Gasteiger partial charge on any atom is -0.465 e. The van der Waals surface area contributed by atoms with Crippen LogP contribution in [-0.2, 0) is 0 Å². The van der Waals surface area contributed by atoms with E-state index in [0.717, 1.165) is 17.3 Å². The molecule has 0 radical (unpaired) electrons. The van der Waals surface area contributed by atoms with Crippen molar-refractivity contribution in [1.29, 1.82) is 0 Å². The summed E-state index contributed by atoms with van der Waals surface area (Å²) in [7, 11) is 0. The Bertz CT molecular complexity index is 611. The standard InChI is InChI=1S/C16H12O2S/c1-3-13(17-11-1)5-6-14-7-8-15(18-14)9-10-16-4-2-12-19-16/h1-12H/b6-5+,10-9+. The van der Waals surface area contributed by atoms with Crippen molar-refractivity contribution in [3.05, 3.63) is 70.2 Å². The summed E-state index contributed by atoms with van der Waals surface area (Å²) >= 11 is 1.70. The van der Waals surface area contributed by atoms with Crippen LogP contribution in [0.1, 0.15) is 22.2 Å². The van der Waals surface area contributed by atoms with Crippen LogP contribution in [0, 0.1) is 0 Å². The van der Waals surface area contributed by atoms with E-state index in [0.29, 0.717) is 0 Å². The van der Waals surface area contributed by atoms with Crippen LogP contribution in [0.4, 0.5) is 0 Å². The van der Waals surface area contributed by atoms with Gasteiger partial charge in [-0.3, -0.25) is 0 Å². The third-order valence-corrected chi connectivity index (χ3v) is 3.40. The van der Waals surface area contributed by atoms with Gasteiger partial charge in [-0.2, -0.15) is 0 Å². The topological polar surface area (TPSA) is 26.3 Å². The largest absolute Gasteiger partial charge is 0.465 e. The molecule has 19 heavy (non-hydrogen) atoms. The monoisotopic (exact) mass is 268 g/mol. The van der Waals surface area contributed by atoms with E-state index in [9.17, 15) is 0 Å². The van der Waals surface area contributed by atoms with Crippen LogP contribution in [0.3, 0.4) is 0 Å². The minimum absolute atomic E-state index is 0.808. The van der Waals surface area contributed by atoms with E-state index in [-0.39, 0.29) is 0 Å². The normalized spacial score (nSPS) is 11.8. The maximum Gasteiger partial charge on any atom is 0.127 e. The molecule has 0 aliphatic carbocycles. The van der Waals surface area contributed by atoms with Crippen molar-refractivity contribution in [3.63, 3.8) is 0 Å². The van der Waals surface area contributed by atoms with Gasteiger partial charge in [0, 0.05) is 4.88 Å². The summed E-state index contributed by atoms with van der Waals surface area (Å²) in [5, 5.41) is 2.05. The summed E-state index contributed by atoms with van der Waals surface area (Å²) in [6.07, 6.45) is 9.43. The average Bonchev–Trinajstić information content (AvgIpc) is 3.16. The van der Waals surface area contributed by atoms with E-state index in [4.69, 9.17) is 8.83 Å². The molecule has 0 amide bonds. The summed E-state index contributed by atoms with van der Waals surface area (Å²) in [5.41, 5.74) is 0. The smallest absolute Gasteiger partial charge is 0.127 e. The van der Waals surface area contributed by atoms with Crippen molar-refractivity contribution < 1.29 is 8.83 Å². The highest BCUT2D eigenvalue weighted by atomic mass is 32.1. The highest BCUT2D eigenvalue weighted by molar-refractivity contribution is 7.10. The van der Waals surface area contributed by atoms with Crippen molar-refractivity contribution in [1.82, 2.24) is 0 Å². The van der Waals surface area contributed by atoms with Gasteiger partial charge in [-0.1, -0.05) is 6.07 Å². The zero-order valence-corrected chi connectivity index (χ0v) is 11.0. The van der Waals surface area contributed by atoms with Crippen LogP contribution in [0.5, 0.6) is 0 Å². The van der Waals surface area contributed by atoms with Gasteiger partial charge in [0.2, 0.25) is 0 Å². The summed E-state index contributed by atoms with van der Waals surface area (Å²) in [6, 6.07) is 11.7. The van der Waals surface area contributed by atoms with E-state index in [1.54, 1.807) is 17.6 Å². The molecule has 0 saturated heterocycles. The van der Waals surface area contributed by atoms with Crippen molar-refractivity contribution in [2.24, 2.45) is 0 Å². The molecule has 94 valence electrons. The lowest BCUT2D eigenvalue weighted by Gasteiger charge is -1.86. The fourth-order valence-electron chi connectivity index (χ4n) is 1.65. The lowest BCUT2D eigenvalue weighted by molar-refractivity contribution is 0.545. The van der Waals surface area contributed by atoms with E-state index >= 15 is 0 Å². The van der Waals surface area contributed by atoms with Crippen molar-refractivity contribution in [3.8, 4) is 0 Å². The van der Waals surface area contributed by atoms with E-state index in [1.807, 2.05) is 54.6 Å². The Morgan fingerprint density at radius 3 is 2.26 bits per heavy atom.